The van der Waals surface area contributed by atoms with E-state index in [1.165, 1.54) is 7.11 Å². The Labute approximate surface area is 127 Å². The number of nitrogen functional groups attached to an aromatic ring is 1. The Morgan fingerprint density at radius 2 is 2.09 bits per heavy atom. The molecule has 0 bridgehead atoms. The summed E-state index contributed by atoms with van der Waals surface area (Å²) >= 11 is 0. The van der Waals surface area contributed by atoms with Gasteiger partial charge in [0.1, 0.15) is 6.10 Å². The van der Waals surface area contributed by atoms with Crippen LogP contribution in [0.5, 0.6) is 0 Å². The van der Waals surface area contributed by atoms with Crippen molar-refractivity contribution in [3.8, 4) is 0 Å². The lowest BCUT2D eigenvalue weighted by Crippen LogP contribution is -2.38. The Bertz CT molecular complexity index is 565. The van der Waals surface area contributed by atoms with Crippen molar-refractivity contribution in [1.82, 2.24) is 9.55 Å². The molecule has 2 rings (SSSR count). The quantitative estimate of drug-likeness (QED) is 0.804. The molecule has 9 heteroatoms. The average Bonchev–Trinajstić information content (AvgIpc) is 2.81. The number of nitrogens with two attached hydrogens (primary N) is 1. The number of hydrogen-bond donors (Lipinski definition) is 1. The first-order valence-corrected chi connectivity index (χ1v) is 6.81. The molecule has 0 amide bonds. The summed E-state index contributed by atoms with van der Waals surface area (Å²) in [7, 11) is 1.37. The fraction of sp³-hybridized carbons (Fsp3) is 0.615. The summed E-state index contributed by atoms with van der Waals surface area (Å²) in [5.41, 5.74) is 4.43. The van der Waals surface area contributed by atoms with Crippen molar-refractivity contribution in [2.45, 2.75) is 45.3 Å². The van der Waals surface area contributed by atoms with E-state index in [1.807, 2.05) is 13.8 Å². The van der Waals surface area contributed by atoms with Crippen molar-refractivity contribution >= 4 is 12.3 Å². The van der Waals surface area contributed by atoms with Crippen molar-refractivity contribution in [3.63, 3.8) is 0 Å². The number of nitrogens with zero attached hydrogens (tertiary/aromatic N) is 2. The van der Waals surface area contributed by atoms with Gasteiger partial charge >= 0.3 is 5.69 Å². The molecule has 1 aliphatic heterocycles. The van der Waals surface area contributed by atoms with Crippen LogP contribution >= 0.6 is 0 Å². The summed E-state index contributed by atoms with van der Waals surface area (Å²) in [4.78, 5) is 25.6. The molecule has 124 valence electrons. The van der Waals surface area contributed by atoms with Crippen LogP contribution in [-0.2, 0) is 19.0 Å². The van der Waals surface area contributed by atoms with Crippen LogP contribution in [0.3, 0.4) is 0 Å². The lowest BCUT2D eigenvalue weighted by molar-refractivity contribution is -0.140. The highest BCUT2D eigenvalue weighted by Gasteiger charge is 2.46. The molecule has 8 nitrogen and oxygen atoms in total. The van der Waals surface area contributed by atoms with Crippen molar-refractivity contribution in [1.29, 1.82) is 0 Å². The molecule has 1 aliphatic rings. The molecule has 0 aliphatic carbocycles. The Morgan fingerprint density at radius 3 is 2.64 bits per heavy atom. The Kier molecular flexibility index (Phi) is 6.44. The van der Waals surface area contributed by atoms with Gasteiger partial charge in [0.15, 0.2) is 24.0 Å². The van der Waals surface area contributed by atoms with Crippen LogP contribution in [0, 0.1) is 5.82 Å². The zero-order chi connectivity index (χ0) is 16.9. The number of anilines is 1. The maximum absolute atomic E-state index is 13.5. The highest BCUT2D eigenvalue weighted by atomic mass is 19.1. The second-order valence-electron chi connectivity index (χ2n) is 4.29. The first kappa shape index (κ1) is 18.1. The van der Waals surface area contributed by atoms with Gasteiger partial charge in [-0.05, 0) is 6.92 Å². The van der Waals surface area contributed by atoms with Crippen LogP contribution in [-0.4, -0.2) is 41.4 Å². The van der Waals surface area contributed by atoms with Gasteiger partial charge in [0, 0.05) is 7.11 Å². The van der Waals surface area contributed by atoms with Crippen molar-refractivity contribution in [2.75, 3.05) is 12.8 Å². The maximum Gasteiger partial charge on any atom is 0.351 e. The topological polar surface area (TPSA) is 106 Å². The molecule has 1 aromatic heterocycles. The van der Waals surface area contributed by atoms with Gasteiger partial charge in [-0.2, -0.15) is 4.98 Å². The van der Waals surface area contributed by atoms with Gasteiger partial charge in [0.25, 0.3) is 6.47 Å². The van der Waals surface area contributed by atoms with E-state index in [4.69, 9.17) is 19.9 Å². The third-order valence-corrected chi connectivity index (χ3v) is 3.11. The molecule has 2 N–H and O–H groups in total. The van der Waals surface area contributed by atoms with Crippen LogP contribution < -0.4 is 11.4 Å². The summed E-state index contributed by atoms with van der Waals surface area (Å²) in [6, 6.07) is 0. The largest absolute Gasteiger partial charge is 0.459 e. The van der Waals surface area contributed by atoms with Crippen LogP contribution in [0.15, 0.2) is 11.0 Å². The van der Waals surface area contributed by atoms with Crippen molar-refractivity contribution < 1.29 is 23.4 Å². The molecule has 4 atom stereocenters. The first-order valence-electron chi connectivity index (χ1n) is 6.81. The minimum Gasteiger partial charge on any atom is -0.459 e. The van der Waals surface area contributed by atoms with E-state index in [-0.39, 0.29) is 6.47 Å². The normalized spacial score (nSPS) is 27.0. The van der Waals surface area contributed by atoms with Gasteiger partial charge in [-0.3, -0.25) is 9.36 Å². The Balaban J connectivity index is 0.00000116. The molecule has 1 saturated heterocycles. The Hall–Kier alpha value is -2.00. The lowest BCUT2D eigenvalue weighted by atomic mass is 10.1. The molecule has 1 fully saturated rings. The van der Waals surface area contributed by atoms with Gasteiger partial charge in [-0.1, -0.05) is 13.8 Å². The molecular formula is C13H20FN3O5. The number of ether oxygens (including phenoxy) is 3. The molecule has 22 heavy (non-hydrogen) atoms. The van der Waals surface area contributed by atoms with Crippen LogP contribution in [0.2, 0.25) is 0 Å². The van der Waals surface area contributed by atoms with Crippen molar-refractivity contribution in [3.05, 3.63) is 22.5 Å². The van der Waals surface area contributed by atoms with E-state index in [1.54, 1.807) is 6.92 Å². The number of aromatic nitrogens is 2. The summed E-state index contributed by atoms with van der Waals surface area (Å²) in [6.45, 7) is 5.91. The smallest absolute Gasteiger partial charge is 0.351 e. The van der Waals surface area contributed by atoms with E-state index >= 15 is 0 Å². The fourth-order valence-electron chi connectivity index (χ4n) is 2.17. The highest BCUT2D eigenvalue weighted by Crippen LogP contribution is 2.32. The number of rotatable bonds is 4. The van der Waals surface area contributed by atoms with Crippen LogP contribution in [0.25, 0.3) is 0 Å². The van der Waals surface area contributed by atoms with E-state index in [9.17, 15) is 14.0 Å². The van der Waals surface area contributed by atoms with E-state index in [2.05, 4.69) is 4.98 Å². The maximum atomic E-state index is 13.5. The second kappa shape index (κ2) is 7.85. The predicted octanol–water partition coefficient (Wildman–Crippen LogP) is 0.465. The standard InChI is InChI=1S/C11H14FN3O5.C2H6/c1-5-7(19-4-16)8(18-2)10(20-5)15-3-6(12)9(13)14-11(15)17;1-2/h3-5,7-8,10H,1-2H3,(H2,13,14,17);1-2H3/t5?,7-,8-,10?;/m1./s1. The molecule has 2 heterocycles. The summed E-state index contributed by atoms with van der Waals surface area (Å²) in [5.74, 6) is -1.34. The van der Waals surface area contributed by atoms with Gasteiger partial charge < -0.3 is 19.9 Å². The first-order chi connectivity index (χ1) is 10.5. The third-order valence-electron chi connectivity index (χ3n) is 3.11. The minimum absolute atomic E-state index is 0.267. The fourth-order valence-corrected chi connectivity index (χ4v) is 2.17. The molecular weight excluding hydrogens is 297 g/mol. The monoisotopic (exact) mass is 317 g/mol. The lowest BCUT2D eigenvalue weighted by Gasteiger charge is -2.21. The van der Waals surface area contributed by atoms with Crippen molar-refractivity contribution in [2.24, 2.45) is 0 Å². The second-order valence-corrected chi connectivity index (χ2v) is 4.29. The van der Waals surface area contributed by atoms with Crippen LogP contribution in [0.4, 0.5) is 10.2 Å². The minimum atomic E-state index is -0.963. The van der Waals surface area contributed by atoms with E-state index in [0.29, 0.717) is 0 Å². The predicted molar refractivity (Wildman–Crippen MR) is 75.5 cm³/mol. The Morgan fingerprint density at radius 1 is 1.45 bits per heavy atom. The number of hydrogen-bond acceptors (Lipinski definition) is 7. The number of methoxy groups -OCH3 is 1. The number of carbonyl (C=O) groups is 1. The van der Waals surface area contributed by atoms with Crippen LogP contribution in [0.1, 0.15) is 27.0 Å². The zero-order valence-corrected chi connectivity index (χ0v) is 12.9. The summed E-state index contributed by atoms with van der Waals surface area (Å²) in [5, 5.41) is 0. The average molecular weight is 317 g/mol. The zero-order valence-electron chi connectivity index (χ0n) is 12.9. The van der Waals surface area contributed by atoms with Gasteiger partial charge in [-0.25, -0.2) is 9.18 Å². The third kappa shape index (κ3) is 3.42. The highest BCUT2D eigenvalue weighted by molar-refractivity contribution is 5.38. The number of carbonyl (C=O) groups excluding carboxylic acids is 1. The summed E-state index contributed by atoms with van der Waals surface area (Å²) in [6.07, 6.45) is -2.08. The molecule has 0 aromatic carbocycles. The molecule has 0 saturated carbocycles. The molecule has 0 radical (unpaired) electrons. The molecule has 2 unspecified atom stereocenters. The number of halogens is 1. The van der Waals surface area contributed by atoms with Gasteiger partial charge in [0.05, 0.1) is 12.3 Å². The van der Waals surface area contributed by atoms with Gasteiger partial charge in [-0.15, -0.1) is 0 Å². The van der Waals surface area contributed by atoms with E-state index < -0.39 is 41.9 Å². The summed E-state index contributed by atoms with van der Waals surface area (Å²) < 4.78 is 29.9. The van der Waals surface area contributed by atoms with Gasteiger partial charge in [0.2, 0.25) is 0 Å². The molecule has 1 aromatic rings. The molecule has 0 spiro atoms. The SMILES string of the molecule is CC.CO[C@H]1C(n2cc(F)c(N)nc2=O)OC(C)[C@H]1OC=O. The van der Waals surface area contributed by atoms with E-state index in [0.717, 1.165) is 10.8 Å².